The maximum atomic E-state index is 9.56. The summed E-state index contributed by atoms with van der Waals surface area (Å²) in [5, 5.41) is 10.2. The van der Waals surface area contributed by atoms with Gasteiger partial charge in [0.05, 0.1) is 0 Å². The summed E-state index contributed by atoms with van der Waals surface area (Å²) in [6.07, 6.45) is 0. The number of aromatic hydroxyl groups is 1. The second-order valence-corrected chi connectivity index (χ2v) is 3.46. The third-order valence-electron chi connectivity index (χ3n) is 2.02. The van der Waals surface area contributed by atoms with Crippen molar-refractivity contribution in [3.63, 3.8) is 0 Å². The molecule has 72 valence electrons. The van der Waals surface area contributed by atoms with Gasteiger partial charge in [-0.1, -0.05) is 11.6 Å². The minimum absolute atomic E-state index is 0.113. The van der Waals surface area contributed by atoms with Crippen LogP contribution in [0, 0.1) is 6.92 Å². The predicted octanol–water partition coefficient (Wildman–Crippen LogP) is 1.88. The molecule has 0 heterocycles. The molecule has 13 heavy (non-hydrogen) atoms. The molecule has 0 aliphatic rings. The van der Waals surface area contributed by atoms with Gasteiger partial charge in [0.15, 0.2) is 0 Å². The summed E-state index contributed by atoms with van der Waals surface area (Å²) < 4.78 is 0. The van der Waals surface area contributed by atoms with Gasteiger partial charge in [-0.05, 0) is 31.5 Å². The summed E-state index contributed by atoms with van der Waals surface area (Å²) in [7, 11) is 0. The fourth-order valence-corrected chi connectivity index (χ4v) is 1.29. The number of phenols is 1. The van der Waals surface area contributed by atoms with E-state index in [0.717, 1.165) is 5.56 Å². The van der Waals surface area contributed by atoms with Gasteiger partial charge in [-0.2, -0.15) is 0 Å². The highest BCUT2D eigenvalue weighted by Crippen LogP contribution is 2.29. The van der Waals surface area contributed by atoms with Gasteiger partial charge in [0, 0.05) is 16.6 Å². The third-order valence-corrected chi connectivity index (χ3v) is 2.43. The number of rotatable bonds is 2. The van der Waals surface area contributed by atoms with Crippen molar-refractivity contribution >= 4 is 11.6 Å². The smallest absolute Gasteiger partial charge is 0.120 e. The van der Waals surface area contributed by atoms with E-state index < -0.39 is 0 Å². The van der Waals surface area contributed by atoms with E-state index in [1.807, 2.05) is 13.8 Å². The summed E-state index contributed by atoms with van der Waals surface area (Å²) in [5.74, 6) is 5.47. The van der Waals surface area contributed by atoms with Crippen molar-refractivity contribution in [2.75, 3.05) is 0 Å². The number of aryl methyl sites for hydroxylation is 1. The van der Waals surface area contributed by atoms with Crippen LogP contribution in [0.4, 0.5) is 0 Å². The molecule has 1 aromatic carbocycles. The number of hydrazine groups is 1. The van der Waals surface area contributed by atoms with Crippen LogP contribution < -0.4 is 11.3 Å². The number of halogens is 1. The van der Waals surface area contributed by atoms with Crippen molar-refractivity contribution in [2.24, 2.45) is 5.84 Å². The highest BCUT2D eigenvalue weighted by Gasteiger charge is 2.10. The van der Waals surface area contributed by atoms with Gasteiger partial charge >= 0.3 is 0 Å². The number of nitrogens with two attached hydrogens (primary N) is 1. The molecule has 0 aromatic heterocycles. The first-order valence-corrected chi connectivity index (χ1v) is 4.39. The van der Waals surface area contributed by atoms with Crippen LogP contribution in [0.15, 0.2) is 12.1 Å². The van der Waals surface area contributed by atoms with Crippen LogP contribution in [0.2, 0.25) is 5.02 Å². The second-order valence-electron chi connectivity index (χ2n) is 3.05. The summed E-state index contributed by atoms with van der Waals surface area (Å²) >= 11 is 5.91. The van der Waals surface area contributed by atoms with Gasteiger partial charge < -0.3 is 5.11 Å². The Bertz CT molecular complexity index is 315. The van der Waals surface area contributed by atoms with Crippen LogP contribution in [0.3, 0.4) is 0 Å². The summed E-state index contributed by atoms with van der Waals surface area (Å²) in [6.45, 7) is 3.69. The SMILES string of the molecule is Cc1cc(O)c([C@@H](C)NN)cc1Cl. The second kappa shape index (κ2) is 3.96. The largest absolute Gasteiger partial charge is 0.508 e. The fourth-order valence-electron chi connectivity index (χ4n) is 1.12. The zero-order valence-corrected chi connectivity index (χ0v) is 8.39. The number of nitrogens with one attached hydrogen (secondary N) is 1. The standard InChI is InChI=1S/C9H13ClN2O/c1-5-3-9(13)7(4-8(5)10)6(2)12-11/h3-4,6,12-13H,11H2,1-2H3/t6-/m1/s1. The van der Waals surface area contributed by atoms with Crippen LogP contribution in [0.1, 0.15) is 24.1 Å². The Balaban J connectivity index is 3.15. The number of hydrogen-bond donors (Lipinski definition) is 3. The Morgan fingerprint density at radius 2 is 2.15 bits per heavy atom. The lowest BCUT2D eigenvalue weighted by Crippen LogP contribution is -2.25. The molecular weight excluding hydrogens is 188 g/mol. The van der Waals surface area contributed by atoms with E-state index in [4.69, 9.17) is 17.4 Å². The molecule has 3 nitrogen and oxygen atoms in total. The average molecular weight is 201 g/mol. The Morgan fingerprint density at radius 3 is 2.69 bits per heavy atom. The Morgan fingerprint density at radius 1 is 1.54 bits per heavy atom. The zero-order chi connectivity index (χ0) is 10.0. The molecule has 0 radical (unpaired) electrons. The molecule has 0 unspecified atom stereocenters. The van der Waals surface area contributed by atoms with E-state index in [1.54, 1.807) is 12.1 Å². The highest BCUT2D eigenvalue weighted by molar-refractivity contribution is 6.31. The first-order chi connectivity index (χ1) is 6.06. The van der Waals surface area contributed by atoms with Crippen LogP contribution in [-0.2, 0) is 0 Å². The molecular formula is C9H13ClN2O. The van der Waals surface area contributed by atoms with Crippen molar-refractivity contribution in [3.05, 3.63) is 28.3 Å². The van der Waals surface area contributed by atoms with E-state index in [1.165, 1.54) is 0 Å². The minimum atomic E-state index is -0.113. The molecule has 1 atom stereocenters. The summed E-state index contributed by atoms with van der Waals surface area (Å²) in [4.78, 5) is 0. The maximum Gasteiger partial charge on any atom is 0.120 e. The molecule has 4 N–H and O–H groups in total. The van der Waals surface area contributed by atoms with Gasteiger partial charge in [0.25, 0.3) is 0 Å². The molecule has 1 aromatic rings. The summed E-state index contributed by atoms with van der Waals surface area (Å²) in [5.41, 5.74) is 4.11. The van der Waals surface area contributed by atoms with Crippen molar-refractivity contribution in [3.8, 4) is 5.75 Å². The molecule has 0 spiro atoms. The van der Waals surface area contributed by atoms with Gasteiger partial charge in [-0.15, -0.1) is 0 Å². The van der Waals surface area contributed by atoms with E-state index in [9.17, 15) is 5.11 Å². The first-order valence-electron chi connectivity index (χ1n) is 4.01. The molecule has 1 rings (SSSR count). The molecule has 0 bridgehead atoms. The van der Waals surface area contributed by atoms with E-state index in [2.05, 4.69) is 5.43 Å². The van der Waals surface area contributed by atoms with E-state index >= 15 is 0 Å². The Hall–Kier alpha value is -0.770. The van der Waals surface area contributed by atoms with Crippen molar-refractivity contribution in [1.29, 1.82) is 0 Å². The van der Waals surface area contributed by atoms with Gasteiger partial charge in [0.2, 0.25) is 0 Å². The lowest BCUT2D eigenvalue weighted by molar-refractivity contribution is 0.454. The quantitative estimate of drug-likeness (QED) is 0.505. The normalized spacial score (nSPS) is 12.9. The lowest BCUT2D eigenvalue weighted by atomic mass is 10.1. The molecule has 0 amide bonds. The highest BCUT2D eigenvalue weighted by atomic mass is 35.5. The molecule has 0 saturated heterocycles. The van der Waals surface area contributed by atoms with Gasteiger partial charge in [-0.3, -0.25) is 11.3 Å². The monoisotopic (exact) mass is 200 g/mol. The number of phenolic OH excluding ortho intramolecular Hbond substituents is 1. The van der Waals surface area contributed by atoms with Gasteiger partial charge in [0.1, 0.15) is 5.75 Å². The summed E-state index contributed by atoms with van der Waals surface area (Å²) in [6, 6.07) is 3.24. The van der Waals surface area contributed by atoms with Crippen LogP contribution >= 0.6 is 11.6 Å². The van der Waals surface area contributed by atoms with E-state index in [-0.39, 0.29) is 11.8 Å². The van der Waals surface area contributed by atoms with Crippen molar-refractivity contribution < 1.29 is 5.11 Å². The molecule has 4 heteroatoms. The van der Waals surface area contributed by atoms with Crippen LogP contribution in [-0.4, -0.2) is 5.11 Å². The molecule has 0 aliphatic carbocycles. The van der Waals surface area contributed by atoms with Crippen LogP contribution in [0.5, 0.6) is 5.75 Å². The maximum absolute atomic E-state index is 9.56. The van der Waals surface area contributed by atoms with E-state index in [0.29, 0.717) is 10.6 Å². The first kappa shape index (κ1) is 10.3. The molecule has 0 saturated carbocycles. The van der Waals surface area contributed by atoms with Crippen LogP contribution in [0.25, 0.3) is 0 Å². The zero-order valence-electron chi connectivity index (χ0n) is 7.63. The lowest BCUT2D eigenvalue weighted by Gasteiger charge is -2.13. The molecule has 0 fully saturated rings. The van der Waals surface area contributed by atoms with Crippen molar-refractivity contribution in [2.45, 2.75) is 19.9 Å². The molecule has 0 aliphatic heterocycles. The van der Waals surface area contributed by atoms with Crippen molar-refractivity contribution in [1.82, 2.24) is 5.43 Å². The van der Waals surface area contributed by atoms with Gasteiger partial charge in [-0.25, -0.2) is 0 Å². The topological polar surface area (TPSA) is 58.3 Å². The fraction of sp³-hybridized carbons (Fsp3) is 0.333. The predicted molar refractivity (Wildman–Crippen MR) is 53.6 cm³/mol. The Kier molecular flexibility index (Phi) is 3.14. The third kappa shape index (κ3) is 2.12. The number of benzene rings is 1. The minimum Gasteiger partial charge on any atom is -0.508 e. The number of hydrogen-bond acceptors (Lipinski definition) is 3. The Labute approximate surface area is 82.5 Å². The average Bonchev–Trinajstić information content (AvgIpc) is 2.10.